The smallest absolute Gasteiger partial charge is 0.306 e. The molecule has 0 heterocycles. The first-order chi connectivity index (χ1) is 20.1. The van der Waals surface area contributed by atoms with E-state index in [2.05, 4.69) is 50.3 Å². The summed E-state index contributed by atoms with van der Waals surface area (Å²) in [5.74, 6) is -0.867. The molecule has 41 heavy (non-hydrogen) atoms. The van der Waals surface area contributed by atoms with Crippen LogP contribution in [-0.2, 0) is 14.3 Å². The van der Waals surface area contributed by atoms with Gasteiger partial charge in [0.15, 0.2) is 0 Å². The summed E-state index contributed by atoms with van der Waals surface area (Å²) >= 11 is 0. The number of allylic oxidation sites excluding steroid dienone is 8. The molecule has 1 N–H and O–H groups in total. The number of unbranched alkanes of at least 4 members (excludes halogenated alkanes) is 14. The SMILES string of the molecule is CC/C=C\C/C=C\C(/C=C\CCCCCC(=O)O)OC(=O)CCCCCCCCC/C=C\C/C=C\CCCCCC. The molecule has 0 aromatic rings. The molecular formula is C37H62O4. The van der Waals surface area contributed by atoms with Crippen LogP contribution >= 0.6 is 0 Å². The molecule has 0 bridgehead atoms. The molecule has 4 nitrogen and oxygen atoms in total. The minimum Gasteiger partial charge on any atom is -0.481 e. The number of hydrogen-bond donors (Lipinski definition) is 1. The standard InChI is InChI=1S/C37H62O4/c1-3-5-7-9-10-11-12-13-14-15-16-17-18-19-20-21-26-30-34-37(40)41-35(31-27-23-8-6-4-2)32-28-24-22-25-29-33-36(38)39/h6,8,11-12,14-15,27-28,31-32,35H,3-5,7,9-10,13,16-26,29-30,33-34H2,1-2H3,(H,38,39)/b8-6-,12-11-,15-14-,31-27-,32-28-. The molecule has 234 valence electrons. The quantitative estimate of drug-likeness (QED) is 0.0552. The van der Waals surface area contributed by atoms with Crippen molar-refractivity contribution in [1.82, 2.24) is 0 Å². The lowest BCUT2D eigenvalue weighted by atomic mass is 10.1. The van der Waals surface area contributed by atoms with E-state index in [1.165, 1.54) is 70.6 Å². The molecule has 0 rings (SSSR count). The van der Waals surface area contributed by atoms with Gasteiger partial charge in [0.2, 0.25) is 0 Å². The third-order valence-electron chi connectivity index (χ3n) is 6.94. The Balaban J connectivity index is 3.96. The van der Waals surface area contributed by atoms with Crippen LogP contribution < -0.4 is 0 Å². The van der Waals surface area contributed by atoms with Crippen LogP contribution in [0.1, 0.15) is 155 Å². The number of hydrogen-bond acceptors (Lipinski definition) is 3. The Kier molecular flexibility index (Phi) is 30.3. The molecule has 0 aliphatic rings. The molecule has 0 saturated carbocycles. The maximum atomic E-state index is 12.4. The predicted molar refractivity (Wildman–Crippen MR) is 176 cm³/mol. The number of aliphatic carboxylic acids is 1. The molecule has 0 aromatic carbocycles. The Morgan fingerprint density at radius 2 is 1.05 bits per heavy atom. The number of carbonyl (C=O) groups is 2. The Hall–Kier alpha value is -2.36. The second-order valence-electron chi connectivity index (χ2n) is 11.0. The van der Waals surface area contributed by atoms with Crippen LogP contribution in [0.2, 0.25) is 0 Å². The zero-order valence-corrected chi connectivity index (χ0v) is 26.6. The third kappa shape index (κ3) is 32.0. The minimum atomic E-state index is -0.736. The van der Waals surface area contributed by atoms with Crippen molar-refractivity contribution in [2.75, 3.05) is 0 Å². The van der Waals surface area contributed by atoms with E-state index >= 15 is 0 Å². The summed E-state index contributed by atoms with van der Waals surface area (Å²) in [4.78, 5) is 23.0. The van der Waals surface area contributed by atoms with Gasteiger partial charge < -0.3 is 9.84 Å². The van der Waals surface area contributed by atoms with Gasteiger partial charge in [-0.1, -0.05) is 120 Å². The van der Waals surface area contributed by atoms with Gasteiger partial charge in [0.05, 0.1) is 0 Å². The van der Waals surface area contributed by atoms with Gasteiger partial charge in [0.1, 0.15) is 6.10 Å². The first kappa shape index (κ1) is 38.6. The highest BCUT2D eigenvalue weighted by atomic mass is 16.5. The molecule has 0 saturated heterocycles. The van der Waals surface area contributed by atoms with Gasteiger partial charge >= 0.3 is 11.9 Å². The molecule has 0 radical (unpaired) electrons. The average molecular weight is 571 g/mol. The maximum Gasteiger partial charge on any atom is 0.306 e. The normalized spacial score (nSPS) is 13.0. The Bertz CT molecular complexity index is 744. The van der Waals surface area contributed by atoms with Crippen molar-refractivity contribution in [3.05, 3.63) is 60.8 Å². The molecule has 0 fully saturated rings. The van der Waals surface area contributed by atoms with Gasteiger partial charge in [-0.05, 0) is 82.8 Å². The lowest BCUT2D eigenvalue weighted by Crippen LogP contribution is -2.13. The number of esters is 1. The van der Waals surface area contributed by atoms with Crippen molar-refractivity contribution in [3.63, 3.8) is 0 Å². The van der Waals surface area contributed by atoms with E-state index in [9.17, 15) is 9.59 Å². The summed E-state index contributed by atoms with van der Waals surface area (Å²) in [6.07, 6.45) is 44.2. The highest BCUT2D eigenvalue weighted by Gasteiger charge is 2.08. The lowest BCUT2D eigenvalue weighted by Gasteiger charge is -2.11. The molecule has 0 aliphatic carbocycles. The number of rotatable bonds is 29. The molecular weight excluding hydrogens is 508 g/mol. The van der Waals surface area contributed by atoms with Gasteiger partial charge in [-0.25, -0.2) is 0 Å². The highest BCUT2D eigenvalue weighted by molar-refractivity contribution is 5.69. The van der Waals surface area contributed by atoms with Gasteiger partial charge in [0, 0.05) is 12.8 Å². The number of ether oxygens (including phenoxy) is 1. The second-order valence-corrected chi connectivity index (χ2v) is 11.0. The van der Waals surface area contributed by atoms with Crippen LogP contribution in [-0.4, -0.2) is 23.1 Å². The fourth-order valence-electron chi connectivity index (χ4n) is 4.46. The Morgan fingerprint density at radius 1 is 0.561 bits per heavy atom. The maximum absolute atomic E-state index is 12.4. The first-order valence-electron chi connectivity index (χ1n) is 16.8. The summed E-state index contributed by atoms with van der Waals surface area (Å²) < 4.78 is 5.72. The number of carboxylic acids is 1. The van der Waals surface area contributed by atoms with E-state index in [-0.39, 0.29) is 18.5 Å². The van der Waals surface area contributed by atoms with E-state index in [4.69, 9.17) is 9.84 Å². The summed E-state index contributed by atoms with van der Waals surface area (Å²) in [7, 11) is 0. The van der Waals surface area contributed by atoms with Crippen molar-refractivity contribution < 1.29 is 19.4 Å². The molecule has 0 aliphatic heterocycles. The summed E-state index contributed by atoms with van der Waals surface area (Å²) in [6.45, 7) is 4.37. The van der Waals surface area contributed by atoms with Crippen LogP contribution in [0, 0.1) is 0 Å². The van der Waals surface area contributed by atoms with Crippen LogP contribution in [0.25, 0.3) is 0 Å². The second kappa shape index (κ2) is 32.2. The summed E-state index contributed by atoms with van der Waals surface area (Å²) in [6, 6.07) is 0. The van der Waals surface area contributed by atoms with E-state index in [0.29, 0.717) is 12.8 Å². The van der Waals surface area contributed by atoms with Crippen LogP contribution in [0.15, 0.2) is 60.8 Å². The Labute approximate surface area is 253 Å². The van der Waals surface area contributed by atoms with Crippen LogP contribution in [0.3, 0.4) is 0 Å². The van der Waals surface area contributed by atoms with Gasteiger partial charge in [-0.15, -0.1) is 0 Å². The van der Waals surface area contributed by atoms with Crippen molar-refractivity contribution in [2.45, 2.75) is 161 Å². The largest absolute Gasteiger partial charge is 0.481 e. The van der Waals surface area contributed by atoms with Gasteiger partial charge in [0.25, 0.3) is 0 Å². The predicted octanol–water partition coefficient (Wildman–Crippen LogP) is 11.4. The van der Waals surface area contributed by atoms with E-state index in [0.717, 1.165) is 51.4 Å². The molecule has 0 amide bonds. The van der Waals surface area contributed by atoms with E-state index < -0.39 is 5.97 Å². The first-order valence-corrected chi connectivity index (χ1v) is 16.8. The van der Waals surface area contributed by atoms with Crippen molar-refractivity contribution in [2.24, 2.45) is 0 Å². The summed E-state index contributed by atoms with van der Waals surface area (Å²) in [5, 5.41) is 8.73. The van der Waals surface area contributed by atoms with Gasteiger partial charge in [-0.3, -0.25) is 9.59 Å². The third-order valence-corrected chi connectivity index (χ3v) is 6.94. The highest BCUT2D eigenvalue weighted by Crippen LogP contribution is 2.12. The molecule has 4 heteroatoms. The van der Waals surface area contributed by atoms with E-state index in [1.807, 2.05) is 24.3 Å². The fourth-order valence-corrected chi connectivity index (χ4v) is 4.46. The lowest BCUT2D eigenvalue weighted by molar-refractivity contribution is -0.145. The molecule has 1 unspecified atom stereocenters. The van der Waals surface area contributed by atoms with Crippen molar-refractivity contribution in [3.8, 4) is 0 Å². The monoisotopic (exact) mass is 570 g/mol. The molecule has 0 spiro atoms. The van der Waals surface area contributed by atoms with Crippen molar-refractivity contribution >= 4 is 11.9 Å². The number of carbonyl (C=O) groups excluding carboxylic acids is 1. The zero-order chi connectivity index (χ0) is 30.1. The summed E-state index contributed by atoms with van der Waals surface area (Å²) in [5.41, 5.74) is 0. The topological polar surface area (TPSA) is 63.6 Å². The number of carboxylic acid groups (broad SMARTS) is 1. The molecule has 1 atom stereocenters. The zero-order valence-electron chi connectivity index (χ0n) is 26.6. The van der Waals surface area contributed by atoms with Crippen LogP contribution in [0.5, 0.6) is 0 Å². The average Bonchev–Trinajstić information content (AvgIpc) is 2.95. The van der Waals surface area contributed by atoms with E-state index in [1.54, 1.807) is 0 Å². The van der Waals surface area contributed by atoms with Crippen LogP contribution in [0.4, 0.5) is 0 Å². The fraction of sp³-hybridized carbons (Fsp3) is 0.676. The molecule has 0 aromatic heterocycles. The Morgan fingerprint density at radius 3 is 1.68 bits per heavy atom. The van der Waals surface area contributed by atoms with Crippen molar-refractivity contribution in [1.29, 1.82) is 0 Å². The van der Waals surface area contributed by atoms with Gasteiger partial charge in [-0.2, -0.15) is 0 Å². The minimum absolute atomic E-state index is 0.131.